The first-order chi connectivity index (χ1) is 4.34. The van der Waals surface area contributed by atoms with Crippen LogP contribution in [0.25, 0.3) is 0 Å². The van der Waals surface area contributed by atoms with Gasteiger partial charge in [0.1, 0.15) is 0 Å². The molecule has 0 saturated heterocycles. The molecular formula is C5H5BrN2S. The van der Waals surface area contributed by atoms with Crippen molar-refractivity contribution < 1.29 is 0 Å². The fourth-order valence-corrected chi connectivity index (χ4v) is 1.81. The molecule has 0 aromatic carbocycles. The minimum atomic E-state index is 1.03. The molecule has 0 spiro atoms. The first kappa shape index (κ1) is 6.77. The van der Waals surface area contributed by atoms with E-state index < -0.39 is 0 Å². The van der Waals surface area contributed by atoms with Crippen LogP contribution < -0.4 is 5.84 Å². The maximum absolute atomic E-state index is 4.94. The van der Waals surface area contributed by atoms with Gasteiger partial charge >= 0.3 is 0 Å². The molecule has 0 fully saturated rings. The van der Waals surface area contributed by atoms with Gasteiger partial charge in [0.2, 0.25) is 0 Å². The highest BCUT2D eigenvalue weighted by molar-refractivity contribution is 9.10. The number of thiophene rings is 1. The molecule has 48 valence electrons. The predicted octanol–water partition coefficient (Wildman–Crippen LogP) is 1.80. The Kier molecular flexibility index (Phi) is 2.24. The van der Waals surface area contributed by atoms with Gasteiger partial charge in [-0.15, -0.1) is 0 Å². The number of halogens is 1. The van der Waals surface area contributed by atoms with Crippen molar-refractivity contribution in [2.75, 3.05) is 0 Å². The summed E-state index contributed by atoms with van der Waals surface area (Å²) < 4.78 is 1.04. The quantitative estimate of drug-likeness (QED) is 0.423. The lowest BCUT2D eigenvalue weighted by atomic mass is 10.4. The third-order valence-electron chi connectivity index (χ3n) is 0.856. The second kappa shape index (κ2) is 2.98. The molecule has 1 heterocycles. The molecule has 0 atom stereocenters. The standard InChI is InChI=1S/C5H5BrN2S/c6-5-3-9-2-4(5)1-8-7/h1-3H,7H2/b8-1+. The van der Waals surface area contributed by atoms with Crippen LogP contribution in [-0.2, 0) is 0 Å². The van der Waals surface area contributed by atoms with Crippen LogP contribution in [0.2, 0.25) is 0 Å². The van der Waals surface area contributed by atoms with Crippen molar-refractivity contribution in [2.24, 2.45) is 10.9 Å². The second-order valence-corrected chi connectivity index (χ2v) is 3.05. The molecule has 0 amide bonds. The van der Waals surface area contributed by atoms with Crippen LogP contribution in [0, 0.1) is 0 Å². The molecule has 4 heteroatoms. The number of hydrazone groups is 1. The molecule has 0 radical (unpaired) electrons. The van der Waals surface area contributed by atoms with E-state index in [0.717, 1.165) is 10.0 Å². The summed E-state index contributed by atoms with van der Waals surface area (Å²) in [6.07, 6.45) is 1.61. The monoisotopic (exact) mass is 204 g/mol. The molecule has 1 rings (SSSR count). The summed E-state index contributed by atoms with van der Waals surface area (Å²) in [5.74, 6) is 4.94. The van der Waals surface area contributed by atoms with Crippen molar-refractivity contribution in [3.8, 4) is 0 Å². The smallest absolute Gasteiger partial charge is 0.0557 e. The van der Waals surface area contributed by atoms with Crippen LogP contribution in [0.5, 0.6) is 0 Å². The zero-order valence-electron chi connectivity index (χ0n) is 4.54. The van der Waals surface area contributed by atoms with Crippen LogP contribution >= 0.6 is 27.3 Å². The number of rotatable bonds is 1. The second-order valence-electron chi connectivity index (χ2n) is 1.45. The predicted molar refractivity (Wildman–Crippen MR) is 43.8 cm³/mol. The van der Waals surface area contributed by atoms with Crippen molar-refractivity contribution in [2.45, 2.75) is 0 Å². The van der Waals surface area contributed by atoms with E-state index >= 15 is 0 Å². The van der Waals surface area contributed by atoms with E-state index in [1.54, 1.807) is 17.6 Å². The van der Waals surface area contributed by atoms with Crippen molar-refractivity contribution >= 4 is 33.5 Å². The maximum Gasteiger partial charge on any atom is 0.0557 e. The average Bonchev–Trinajstić information content (AvgIpc) is 2.18. The van der Waals surface area contributed by atoms with Gasteiger partial charge in [0.05, 0.1) is 6.21 Å². The molecule has 9 heavy (non-hydrogen) atoms. The van der Waals surface area contributed by atoms with Gasteiger partial charge in [-0.1, -0.05) is 0 Å². The molecule has 0 aliphatic carbocycles. The molecule has 0 unspecified atom stereocenters. The third kappa shape index (κ3) is 1.53. The lowest BCUT2D eigenvalue weighted by Gasteiger charge is -1.81. The van der Waals surface area contributed by atoms with Gasteiger partial charge in [0.15, 0.2) is 0 Å². The zero-order chi connectivity index (χ0) is 6.69. The van der Waals surface area contributed by atoms with Crippen LogP contribution in [0.1, 0.15) is 5.56 Å². The van der Waals surface area contributed by atoms with Crippen LogP contribution in [-0.4, -0.2) is 6.21 Å². The fraction of sp³-hybridized carbons (Fsp3) is 0. The van der Waals surface area contributed by atoms with Gasteiger partial charge < -0.3 is 5.84 Å². The lowest BCUT2D eigenvalue weighted by molar-refractivity contribution is 1.26. The van der Waals surface area contributed by atoms with Crippen LogP contribution in [0.15, 0.2) is 20.3 Å². The van der Waals surface area contributed by atoms with Gasteiger partial charge in [0.25, 0.3) is 0 Å². The minimum absolute atomic E-state index is 1.03. The first-order valence-electron chi connectivity index (χ1n) is 2.29. The van der Waals surface area contributed by atoms with E-state index in [0.29, 0.717) is 0 Å². The highest BCUT2D eigenvalue weighted by Crippen LogP contribution is 2.18. The SMILES string of the molecule is N/N=C/c1cscc1Br. The van der Waals surface area contributed by atoms with Gasteiger partial charge in [-0.25, -0.2) is 0 Å². The summed E-state index contributed by atoms with van der Waals surface area (Å²) in [6.45, 7) is 0. The molecular weight excluding hydrogens is 200 g/mol. The summed E-state index contributed by atoms with van der Waals surface area (Å²) in [4.78, 5) is 0. The van der Waals surface area contributed by atoms with Gasteiger partial charge in [-0.2, -0.15) is 16.4 Å². The van der Waals surface area contributed by atoms with Crippen LogP contribution in [0.3, 0.4) is 0 Å². The zero-order valence-corrected chi connectivity index (χ0v) is 6.95. The highest BCUT2D eigenvalue weighted by Gasteiger charge is 1.94. The molecule has 0 aliphatic rings. The summed E-state index contributed by atoms with van der Waals surface area (Å²) in [5, 5.41) is 7.35. The summed E-state index contributed by atoms with van der Waals surface area (Å²) >= 11 is 4.94. The summed E-state index contributed by atoms with van der Waals surface area (Å²) in [6, 6.07) is 0. The van der Waals surface area contributed by atoms with E-state index in [4.69, 9.17) is 5.84 Å². The van der Waals surface area contributed by atoms with E-state index in [2.05, 4.69) is 21.0 Å². The Bertz CT molecular complexity index is 218. The van der Waals surface area contributed by atoms with E-state index in [-0.39, 0.29) is 0 Å². The first-order valence-corrected chi connectivity index (χ1v) is 4.03. The Morgan fingerprint density at radius 1 is 1.67 bits per heavy atom. The largest absolute Gasteiger partial charge is 0.323 e. The van der Waals surface area contributed by atoms with E-state index in [1.165, 1.54) is 0 Å². The Labute approximate surface area is 65.5 Å². The lowest BCUT2D eigenvalue weighted by Crippen LogP contribution is -1.83. The Balaban J connectivity index is 2.94. The van der Waals surface area contributed by atoms with E-state index in [1.807, 2.05) is 10.8 Å². The van der Waals surface area contributed by atoms with Gasteiger partial charge in [-0.3, -0.25) is 0 Å². The minimum Gasteiger partial charge on any atom is -0.323 e. The summed E-state index contributed by atoms with van der Waals surface area (Å²) in [7, 11) is 0. The third-order valence-corrected chi connectivity index (χ3v) is 2.61. The summed E-state index contributed by atoms with van der Waals surface area (Å²) in [5.41, 5.74) is 1.03. The topological polar surface area (TPSA) is 38.4 Å². The normalized spacial score (nSPS) is 10.8. The number of hydrogen-bond acceptors (Lipinski definition) is 3. The number of nitrogens with zero attached hydrogens (tertiary/aromatic N) is 1. The molecule has 2 nitrogen and oxygen atoms in total. The van der Waals surface area contributed by atoms with Crippen molar-refractivity contribution in [3.63, 3.8) is 0 Å². The van der Waals surface area contributed by atoms with E-state index in [9.17, 15) is 0 Å². The van der Waals surface area contributed by atoms with Crippen LogP contribution in [0.4, 0.5) is 0 Å². The Morgan fingerprint density at radius 2 is 2.44 bits per heavy atom. The van der Waals surface area contributed by atoms with Crippen molar-refractivity contribution in [1.82, 2.24) is 0 Å². The molecule has 0 saturated carbocycles. The molecule has 1 aromatic heterocycles. The van der Waals surface area contributed by atoms with Crippen molar-refractivity contribution in [1.29, 1.82) is 0 Å². The van der Waals surface area contributed by atoms with Gasteiger partial charge in [-0.05, 0) is 15.9 Å². The van der Waals surface area contributed by atoms with Crippen molar-refractivity contribution in [3.05, 3.63) is 20.8 Å². The molecule has 2 N–H and O–H groups in total. The highest BCUT2D eigenvalue weighted by atomic mass is 79.9. The Hall–Kier alpha value is -0.350. The molecule has 1 aromatic rings. The van der Waals surface area contributed by atoms with Gasteiger partial charge in [0, 0.05) is 20.8 Å². The molecule has 0 bridgehead atoms. The number of hydrogen-bond donors (Lipinski definition) is 1. The number of nitrogens with two attached hydrogens (primary N) is 1. The maximum atomic E-state index is 4.94. The fourth-order valence-electron chi connectivity index (χ4n) is 0.464. The molecule has 0 aliphatic heterocycles. The Morgan fingerprint density at radius 3 is 2.89 bits per heavy atom. The average molecular weight is 205 g/mol.